The number of pyridine rings is 2. The van der Waals surface area contributed by atoms with Gasteiger partial charge in [0.1, 0.15) is 10.7 Å². The Kier molecular flexibility index (Phi) is 5.95. The van der Waals surface area contributed by atoms with Crippen LogP contribution in [0.1, 0.15) is 46.3 Å². The third-order valence-electron chi connectivity index (χ3n) is 6.44. The molecule has 0 spiro atoms. The zero-order valence-corrected chi connectivity index (χ0v) is 20.4. The molecule has 1 saturated heterocycles. The van der Waals surface area contributed by atoms with Crippen molar-refractivity contribution in [2.75, 3.05) is 18.0 Å². The van der Waals surface area contributed by atoms with E-state index in [9.17, 15) is 10.0 Å². The largest absolute Gasteiger partial charge is 0.619 e. The number of aromatic nitrogens is 4. The molecule has 5 heterocycles. The van der Waals surface area contributed by atoms with Gasteiger partial charge in [-0.25, -0.2) is 9.97 Å². The number of amides is 1. The molecule has 9 heteroatoms. The molecular weight excluding hydrogens is 448 g/mol. The lowest BCUT2D eigenvalue weighted by atomic mass is 9.99. The fourth-order valence-corrected chi connectivity index (χ4v) is 5.06. The number of hydrogen-bond donors (Lipinski definition) is 1. The monoisotopic (exact) mass is 476 g/mol. The Morgan fingerprint density at radius 3 is 2.74 bits per heavy atom. The number of carbonyl (C=O) groups excluding carboxylic acids is 1. The van der Waals surface area contributed by atoms with Crippen molar-refractivity contribution in [2.24, 2.45) is 5.92 Å². The topological polar surface area (TPSA) is 89.5 Å². The fourth-order valence-electron chi connectivity index (χ4n) is 4.29. The zero-order valence-electron chi connectivity index (χ0n) is 19.6. The number of anilines is 1. The predicted octanol–water partition coefficient (Wildman–Crippen LogP) is 3.87. The number of thiazole rings is 1. The van der Waals surface area contributed by atoms with Gasteiger partial charge < -0.3 is 15.4 Å². The van der Waals surface area contributed by atoms with E-state index in [-0.39, 0.29) is 12.5 Å². The first-order chi connectivity index (χ1) is 16.4. The number of nitrogens with one attached hydrogen (secondary N) is 1. The number of imidazole rings is 1. The number of piperidine rings is 1. The standard InChI is InChI=1S/C25H28N6O2S/c1-16-6-8-29(9-7-16)21-10-20(24(32)27-12-19-5-4-17(2)31(33)14-19)15-30-22(13-26-23(21)30)25-28-11-18(3)34-25/h4-5,10-11,13-16H,6-9,12H2,1-3H3,(H,27,32). The maximum absolute atomic E-state index is 13.2. The molecule has 0 aliphatic carbocycles. The number of nitrogens with zero attached hydrogens (tertiary/aromatic N) is 5. The first-order valence-corrected chi connectivity index (χ1v) is 12.4. The van der Waals surface area contributed by atoms with Crippen molar-refractivity contribution in [3.63, 3.8) is 0 Å². The van der Waals surface area contributed by atoms with Crippen molar-refractivity contribution < 1.29 is 9.52 Å². The van der Waals surface area contributed by atoms with E-state index in [1.54, 1.807) is 24.3 Å². The third-order valence-corrected chi connectivity index (χ3v) is 7.37. The first-order valence-electron chi connectivity index (χ1n) is 11.5. The Labute approximate surface area is 202 Å². The van der Waals surface area contributed by atoms with Crippen LogP contribution in [0.4, 0.5) is 5.69 Å². The highest BCUT2D eigenvalue weighted by Crippen LogP contribution is 2.32. The van der Waals surface area contributed by atoms with Gasteiger partial charge in [0, 0.05) is 55.5 Å². The molecular formula is C25H28N6O2S. The fraction of sp³-hybridized carbons (Fsp3) is 0.360. The maximum Gasteiger partial charge on any atom is 0.253 e. The van der Waals surface area contributed by atoms with Gasteiger partial charge in [0.25, 0.3) is 5.91 Å². The van der Waals surface area contributed by atoms with E-state index in [4.69, 9.17) is 4.98 Å². The maximum atomic E-state index is 13.2. The van der Waals surface area contributed by atoms with Crippen LogP contribution in [-0.2, 0) is 6.54 Å². The van der Waals surface area contributed by atoms with Crippen LogP contribution in [0.5, 0.6) is 0 Å². The Bertz CT molecular complexity index is 1350. The summed E-state index contributed by atoms with van der Waals surface area (Å²) in [4.78, 5) is 25.9. The summed E-state index contributed by atoms with van der Waals surface area (Å²) in [7, 11) is 0. The summed E-state index contributed by atoms with van der Waals surface area (Å²) in [5, 5.41) is 15.7. The second-order valence-electron chi connectivity index (χ2n) is 9.08. The molecule has 4 aromatic rings. The summed E-state index contributed by atoms with van der Waals surface area (Å²) in [6, 6.07) is 5.55. The molecule has 0 atom stereocenters. The van der Waals surface area contributed by atoms with Gasteiger partial charge in [-0.05, 0) is 37.8 Å². The van der Waals surface area contributed by atoms with Crippen molar-refractivity contribution in [3.05, 3.63) is 69.9 Å². The average molecular weight is 477 g/mol. The van der Waals surface area contributed by atoms with Gasteiger partial charge in [0.05, 0.1) is 17.4 Å². The van der Waals surface area contributed by atoms with Crippen LogP contribution in [-0.4, -0.2) is 33.4 Å². The minimum atomic E-state index is -0.193. The lowest BCUT2D eigenvalue weighted by molar-refractivity contribution is -0.612. The van der Waals surface area contributed by atoms with Gasteiger partial charge in [-0.3, -0.25) is 9.20 Å². The van der Waals surface area contributed by atoms with Crippen molar-refractivity contribution in [1.82, 2.24) is 19.7 Å². The molecule has 0 unspecified atom stereocenters. The van der Waals surface area contributed by atoms with E-state index >= 15 is 0 Å². The minimum Gasteiger partial charge on any atom is -0.619 e. The molecule has 5 rings (SSSR count). The highest BCUT2D eigenvalue weighted by molar-refractivity contribution is 7.14. The van der Waals surface area contributed by atoms with Crippen molar-refractivity contribution >= 4 is 28.6 Å². The summed E-state index contributed by atoms with van der Waals surface area (Å²) in [6.45, 7) is 8.21. The van der Waals surface area contributed by atoms with Gasteiger partial charge in [0.15, 0.2) is 17.5 Å². The van der Waals surface area contributed by atoms with Crippen molar-refractivity contribution in [1.29, 1.82) is 0 Å². The van der Waals surface area contributed by atoms with Crippen molar-refractivity contribution in [2.45, 2.75) is 40.2 Å². The molecule has 0 radical (unpaired) electrons. The van der Waals surface area contributed by atoms with Gasteiger partial charge in [-0.2, -0.15) is 4.73 Å². The molecule has 0 saturated carbocycles. The number of carbonyl (C=O) groups is 1. The van der Waals surface area contributed by atoms with E-state index in [1.165, 1.54) is 6.20 Å². The van der Waals surface area contributed by atoms with Crippen LogP contribution in [0.15, 0.2) is 43.0 Å². The number of fused-ring (bicyclic) bond motifs is 1. The quantitative estimate of drug-likeness (QED) is 0.349. The van der Waals surface area contributed by atoms with Crippen LogP contribution in [0, 0.1) is 25.0 Å². The van der Waals surface area contributed by atoms with Gasteiger partial charge >= 0.3 is 0 Å². The highest BCUT2D eigenvalue weighted by Gasteiger charge is 2.23. The second kappa shape index (κ2) is 9.06. The Hall–Kier alpha value is -3.46. The van der Waals surface area contributed by atoms with E-state index < -0.39 is 0 Å². The Morgan fingerprint density at radius 1 is 1.24 bits per heavy atom. The van der Waals surface area contributed by atoms with E-state index in [0.29, 0.717) is 17.2 Å². The Balaban J connectivity index is 1.51. The lowest BCUT2D eigenvalue weighted by Crippen LogP contribution is -2.34. The molecule has 1 aliphatic rings. The summed E-state index contributed by atoms with van der Waals surface area (Å²) < 4.78 is 2.80. The zero-order chi connectivity index (χ0) is 23.8. The molecule has 1 amide bonds. The second-order valence-corrected chi connectivity index (χ2v) is 10.3. The van der Waals surface area contributed by atoms with Crippen molar-refractivity contribution in [3.8, 4) is 10.7 Å². The molecule has 0 bridgehead atoms. The summed E-state index contributed by atoms with van der Waals surface area (Å²) in [5.74, 6) is 0.507. The predicted molar refractivity (Wildman–Crippen MR) is 133 cm³/mol. The molecule has 1 fully saturated rings. The van der Waals surface area contributed by atoms with Crippen LogP contribution >= 0.6 is 11.3 Å². The molecule has 34 heavy (non-hydrogen) atoms. The SMILES string of the molecule is Cc1cnc(-c2cnc3c(N4CCC(C)CC4)cc(C(=O)NCc4ccc(C)[n+]([O-])c4)cn23)s1. The third kappa shape index (κ3) is 4.35. The molecule has 1 aliphatic heterocycles. The first kappa shape index (κ1) is 22.3. The van der Waals surface area contributed by atoms with Crippen LogP contribution < -0.4 is 14.9 Å². The number of rotatable bonds is 5. The lowest BCUT2D eigenvalue weighted by Gasteiger charge is -2.32. The smallest absolute Gasteiger partial charge is 0.253 e. The Morgan fingerprint density at radius 2 is 2.03 bits per heavy atom. The van der Waals surface area contributed by atoms with Crippen LogP contribution in [0.2, 0.25) is 0 Å². The molecule has 8 nitrogen and oxygen atoms in total. The molecule has 1 N–H and O–H groups in total. The number of hydrogen-bond acceptors (Lipinski definition) is 6. The van der Waals surface area contributed by atoms with E-state index in [1.807, 2.05) is 42.0 Å². The van der Waals surface area contributed by atoms with E-state index in [0.717, 1.165) is 63.1 Å². The minimum absolute atomic E-state index is 0.193. The number of aryl methyl sites for hydroxylation is 2. The molecule has 4 aromatic heterocycles. The van der Waals surface area contributed by atoms with E-state index in [2.05, 4.69) is 22.1 Å². The highest BCUT2D eigenvalue weighted by atomic mass is 32.1. The van der Waals surface area contributed by atoms with Gasteiger partial charge in [-0.15, -0.1) is 11.3 Å². The average Bonchev–Trinajstić information content (AvgIpc) is 3.45. The van der Waals surface area contributed by atoms with Crippen LogP contribution in [0.25, 0.3) is 16.3 Å². The van der Waals surface area contributed by atoms with Crippen LogP contribution in [0.3, 0.4) is 0 Å². The summed E-state index contributed by atoms with van der Waals surface area (Å²) in [5.41, 5.74) is 4.59. The summed E-state index contributed by atoms with van der Waals surface area (Å²) in [6.07, 6.45) is 9.26. The van der Waals surface area contributed by atoms with Gasteiger partial charge in [0.2, 0.25) is 0 Å². The normalized spacial score (nSPS) is 14.6. The molecule has 0 aromatic carbocycles. The summed E-state index contributed by atoms with van der Waals surface area (Å²) >= 11 is 1.61. The molecule has 176 valence electrons. The van der Waals surface area contributed by atoms with Gasteiger partial charge in [-0.1, -0.05) is 6.92 Å².